The molecule has 60 valence electrons. The van der Waals surface area contributed by atoms with Crippen molar-refractivity contribution in [1.82, 2.24) is 10.2 Å². The maximum Gasteiger partial charge on any atom is 0.231 e. The van der Waals surface area contributed by atoms with Crippen molar-refractivity contribution in [3.63, 3.8) is 0 Å². The molecule has 2 atom stereocenters. The van der Waals surface area contributed by atoms with Crippen LogP contribution in [0.25, 0.3) is 0 Å². The Balaban J connectivity index is 2.13. The minimum atomic E-state index is 0.314. The Morgan fingerprint density at radius 3 is 2.82 bits per heavy atom. The first-order chi connectivity index (χ1) is 5.31. The SMILES string of the molecule is CC1CC1c1nnc(CCl)o1. The molecule has 1 heterocycles. The molecule has 1 saturated carbocycles. The Morgan fingerprint density at radius 1 is 1.64 bits per heavy atom. The van der Waals surface area contributed by atoms with Gasteiger partial charge in [-0.15, -0.1) is 21.8 Å². The van der Waals surface area contributed by atoms with Crippen LogP contribution in [-0.2, 0) is 5.88 Å². The van der Waals surface area contributed by atoms with Gasteiger partial charge in [-0.25, -0.2) is 0 Å². The van der Waals surface area contributed by atoms with E-state index in [1.54, 1.807) is 0 Å². The number of aromatic nitrogens is 2. The molecule has 0 spiro atoms. The summed E-state index contributed by atoms with van der Waals surface area (Å²) in [6.45, 7) is 2.18. The van der Waals surface area contributed by atoms with Crippen LogP contribution in [-0.4, -0.2) is 10.2 Å². The van der Waals surface area contributed by atoms with E-state index >= 15 is 0 Å². The van der Waals surface area contributed by atoms with Crippen LogP contribution in [0.1, 0.15) is 31.0 Å². The summed E-state index contributed by atoms with van der Waals surface area (Å²) in [6.07, 6.45) is 1.17. The van der Waals surface area contributed by atoms with Gasteiger partial charge in [0, 0.05) is 5.92 Å². The molecule has 0 aromatic carbocycles. The molecule has 1 aliphatic carbocycles. The molecule has 3 nitrogen and oxygen atoms in total. The minimum Gasteiger partial charge on any atom is -0.424 e. The fourth-order valence-corrected chi connectivity index (χ4v) is 1.24. The smallest absolute Gasteiger partial charge is 0.231 e. The molecule has 1 aliphatic rings. The zero-order valence-corrected chi connectivity index (χ0v) is 7.01. The third-order valence-corrected chi connectivity index (χ3v) is 2.25. The summed E-state index contributed by atoms with van der Waals surface area (Å²) in [6, 6.07) is 0. The summed E-state index contributed by atoms with van der Waals surface area (Å²) in [7, 11) is 0. The van der Waals surface area contributed by atoms with Crippen molar-refractivity contribution < 1.29 is 4.42 Å². The van der Waals surface area contributed by atoms with Gasteiger partial charge in [-0.1, -0.05) is 6.92 Å². The zero-order valence-electron chi connectivity index (χ0n) is 6.25. The lowest BCUT2D eigenvalue weighted by atomic mass is 10.3. The van der Waals surface area contributed by atoms with Crippen molar-refractivity contribution in [3.8, 4) is 0 Å². The molecule has 0 saturated heterocycles. The van der Waals surface area contributed by atoms with Crippen molar-refractivity contribution in [1.29, 1.82) is 0 Å². The second-order valence-electron chi connectivity index (χ2n) is 2.99. The molecular weight excluding hydrogens is 164 g/mol. The van der Waals surface area contributed by atoms with Crippen LogP contribution in [0.2, 0.25) is 0 Å². The number of nitrogens with zero attached hydrogens (tertiary/aromatic N) is 2. The Labute approximate surface area is 69.8 Å². The highest BCUT2D eigenvalue weighted by atomic mass is 35.5. The Bertz CT molecular complexity index is 261. The lowest BCUT2D eigenvalue weighted by Gasteiger charge is -1.84. The second kappa shape index (κ2) is 2.48. The highest BCUT2D eigenvalue weighted by Gasteiger charge is 2.38. The van der Waals surface area contributed by atoms with Gasteiger partial charge in [0.15, 0.2) is 0 Å². The fourth-order valence-electron chi connectivity index (χ4n) is 1.14. The van der Waals surface area contributed by atoms with Crippen molar-refractivity contribution >= 4 is 11.6 Å². The van der Waals surface area contributed by atoms with Gasteiger partial charge in [-0.3, -0.25) is 0 Å². The highest BCUT2D eigenvalue weighted by Crippen LogP contribution is 2.46. The van der Waals surface area contributed by atoms with Crippen molar-refractivity contribution in [2.75, 3.05) is 0 Å². The van der Waals surface area contributed by atoms with E-state index in [1.807, 2.05) is 0 Å². The first-order valence-corrected chi connectivity index (χ1v) is 4.23. The molecule has 1 fully saturated rings. The van der Waals surface area contributed by atoms with Crippen LogP contribution in [0.15, 0.2) is 4.42 Å². The Kier molecular flexibility index (Phi) is 1.60. The molecule has 0 aliphatic heterocycles. The zero-order chi connectivity index (χ0) is 7.84. The molecule has 11 heavy (non-hydrogen) atoms. The fraction of sp³-hybridized carbons (Fsp3) is 0.714. The summed E-state index contributed by atoms with van der Waals surface area (Å²) in [4.78, 5) is 0. The number of alkyl halides is 1. The molecule has 2 unspecified atom stereocenters. The standard InChI is InChI=1S/C7H9ClN2O/c1-4-2-5(4)7-10-9-6(3-8)11-7/h4-5H,2-3H2,1H3. The van der Waals surface area contributed by atoms with E-state index in [2.05, 4.69) is 17.1 Å². The summed E-state index contributed by atoms with van der Waals surface area (Å²) in [5.41, 5.74) is 0. The van der Waals surface area contributed by atoms with Crippen LogP contribution in [0, 0.1) is 5.92 Å². The lowest BCUT2D eigenvalue weighted by Crippen LogP contribution is -1.79. The van der Waals surface area contributed by atoms with E-state index in [0.29, 0.717) is 23.6 Å². The maximum atomic E-state index is 5.51. The quantitative estimate of drug-likeness (QED) is 0.640. The number of hydrogen-bond donors (Lipinski definition) is 0. The van der Waals surface area contributed by atoms with E-state index in [9.17, 15) is 0 Å². The third kappa shape index (κ3) is 1.25. The van der Waals surface area contributed by atoms with Gasteiger partial charge >= 0.3 is 0 Å². The van der Waals surface area contributed by atoms with Gasteiger partial charge in [-0.2, -0.15) is 0 Å². The normalized spacial score (nSPS) is 28.9. The van der Waals surface area contributed by atoms with Crippen LogP contribution in [0.3, 0.4) is 0 Å². The van der Waals surface area contributed by atoms with E-state index in [-0.39, 0.29) is 0 Å². The molecule has 1 aromatic heterocycles. The van der Waals surface area contributed by atoms with Gasteiger partial charge < -0.3 is 4.42 Å². The van der Waals surface area contributed by atoms with Gasteiger partial charge in [-0.05, 0) is 12.3 Å². The van der Waals surface area contributed by atoms with E-state index in [4.69, 9.17) is 16.0 Å². The monoisotopic (exact) mass is 172 g/mol. The summed E-state index contributed by atoms with van der Waals surface area (Å²) in [5.74, 6) is 2.81. The summed E-state index contributed by atoms with van der Waals surface area (Å²) in [5, 5.41) is 7.68. The van der Waals surface area contributed by atoms with Crippen LogP contribution >= 0.6 is 11.6 Å². The summed E-state index contributed by atoms with van der Waals surface area (Å²) >= 11 is 5.51. The van der Waals surface area contributed by atoms with Gasteiger partial charge in [0.25, 0.3) is 0 Å². The van der Waals surface area contributed by atoms with Gasteiger partial charge in [0.2, 0.25) is 11.8 Å². The average Bonchev–Trinajstić information content (AvgIpc) is 2.59. The third-order valence-electron chi connectivity index (χ3n) is 2.02. The predicted octanol–water partition coefficient (Wildman–Crippen LogP) is 1.93. The first-order valence-electron chi connectivity index (χ1n) is 3.69. The number of halogens is 1. The topological polar surface area (TPSA) is 38.9 Å². The van der Waals surface area contributed by atoms with Crippen molar-refractivity contribution in [3.05, 3.63) is 11.8 Å². The molecule has 0 bridgehead atoms. The predicted molar refractivity (Wildman–Crippen MR) is 40.4 cm³/mol. The molecular formula is C7H9ClN2O. The van der Waals surface area contributed by atoms with Crippen LogP contribution < -0.4 is 0 Å². The van der Waals surface area contributed by atoms with E-state index in [0.717, 1.165) is 5.89 Å². The molecule has 2 rings (SSSR count). The lowest BCUT2D eigenvalue weighted by molar-refractivity contribution is 0.460. The first kappa shape index (κ1) is 7.10. The molecule has 0 N–H and O–H groups in total. The molecule has 0 amide bonds. The largest absolute Gasteiger partial charge is 0.424 e. The maximum absolute atomic E-state index is 5.51. The Morgan fingerprint density at radius 2 is 2.36 bits per heavy atom. The molecule has 0 radical (unpaired) electrons. The van der Waals surface area contributed by atoms with Crippen molar-refractivity contribution in [2.24, 2.45) is 5.92 Å². The molecule has 1 aromatic rings. The highest BCUT2D eigenvalue weighted by molar-refractivity contribution is 6.16. The Hall–Kier alpha value is -0.570. The number of hydrogen-bond acceptors (Lipinski definition) is 3. The number of rotatable bonds is 2. The minimum absolute atomic E-state index is 0.314. The second-order valence-corrected chi connectivity index (χ2v) is 3.25. The van der Waals surface area contributed by atoms with Gasteiger partial charge in [0.05, 0.1) is 0 Å². The summed E-state index contributed by atoms with van der Waals surface area (Å²) < 4.78 is 5.27. The van der Waals surface area contributed by atoms with E-state index < -0.39 is 0 Å². The van der Waals surface area contributed by atoms with Crippen LogP contribution in [0.5, 0.6) is 0 Å². The van der Waals surface area contributed by atoms with Crippen LogP contribution in [0.4, 0.5) is 0 Å². The molecule has 4 heteroatoms. The van der Waals surface area contributed by atoms with Gasteiger partial charge in [0.1, 0.15) is 5.88 Å². The average molecular weight is 173 g/mol. The van der Waals surface area contributed by atoms with Crippen molar-refractivity contribution in [2.45, 2.75) is 25.1 Å². The van der Waals surface area contributed by atoms with E-state index in [1.165, 1.54) is 6.42 Å².